The summed E-state index contributed by atoms with van der Waals surface area (Å²) in [6.45, 7) is 5.58. The Morgan fingerprint density at radius 1 is 1.55 bits per heavy atom. The molecule has 0 unspecified atom stereocenters. The summed E-state index contributed by atoms with van der Waals surface area (Å²) in [6, 6.07) is 4.81. The predicted molar refractivity (Wildman–Crippen MR) is 47.8 cm³/mol. The zero-order valence-electron chi connectivity index (χ0n) is 6.26. The van der Waals surface area contributed by atoms with E-state index in [2.05, 4.69) is 6.58 Å². The van der Waals surface area contributed by atoms with Crippen LogP contribution >= 0.6 is 11.6 Å². The molecule has 1 N–H and O–H groups in total. The quantitative estimate of drug-likeness (QED) is 0.684. The van der Waals surface area contributed by atoms with Crippen LogP contribution < -0.4 is 0 Å². The number of aromatic hydroxyl groups is 1. The van der Waals surface area contributed by atoms with Gasteiger partial charge in [-0.1, -0.05) is 18.2 Å². The third kappa shape index (κ3) is 1.75. The van der Waals surface area contributed by atoms with Crippen LogP contribution in [0.2, 0.25) is 5.02 Å². The fraction of sp³-hybridized carbons (Fsp3) is 0.111. The van der Waals surface area contributed by atoms with Crippen molar-refractivity contribution < 1.29 is 5.11 Å². The number of phenols is 1. The van der Waals surface area contributed by atoms with Crippen molar-refractivity contribution in [2.75, 3.05) is 0 Å². The summed E-state index contributed by atoms with van der Waals surface area (Å²) < 4.78 is 0. The predicted octanol–water partition coefficient (Wildman–Crippen LogP) is 3.08. The maximum Gasteiger partial charge on any atom is 0.116 e. The molecule has 0 aliphatic heterocycles. The molecule has 0 radical (unpaired) electrons. The standard InChI is InChI=1S/C9H9ClO/c1-6(2)8-5-7(11)3-4-9(8)10/h3-5,11H,1H2,2H3. The lowest BCUT2D eigenvalue weighted by Gasteiger charge is -2.02. The van der Waals surface area contributed by atoms with E-state index in [1.54, 1.807) is 18.2 Å². The van der Waals surface area contributed by atoms with E-state index in [9.17, 15) is 0 Å². The Labute approximate surface area is 70.9 Å². The molecule has 0 amide bonds. The number of rotatable bonds is 1. The minimum atomic E-state index is 0.215. The Morgan fingerprint density at radius 3 is 2.64 bits per heavy atom. The van der Waals surface area contributed by atoms with E-state index in [0.717, 1.165) is 11.1 Å². The van der Waals surface area contributed by atoms with Crippen molar-refractivity contribution in [1.82, 2.24) is 0 Å². The average Bonchev–Trinajstić information content (AvgIpc) is 1.94. The van der Waals surface area contributed by atoms with Gasteiger partial charge < -0.3 is 5.11 Å². The van der Waals surface area contributed by atoms with Crippen LogP contribution in [0.4, 0.5) is 0 Å². The second-order valence-corrected chi connectivity index (χ2v) is 2.85. The SMILES string of the molecule is C=C(C)c1cc(O)ccc1Cl. The Bertz CT molecular complexity index is 292. The highest BCUT2D eigenvalue weighted by molar-refractivity contribution is 6.32. The van der Waals surface area contributed by atoms with Gasteiger partial charge in [-0.05, 0) is 36.3 Å². The van der Waals surface area contributed by atoms with Gasteiger partial charge in [-0.2, -0.15) is 0 Å². The third-order valence-electron chi connectivity index (χ3n) is 1.41. The summed E-state index contributed by atoms with van der Waals surface area (Å²) in [5.74, 6) is 0.215. The fourth-order valence-electron chi connectivity index (χ4n) is 0.840. The molecule has 0 bridgehead atoms. The molecule has 1 aromatic carbocycles. The Hall–Kier alpha value is -0.950. The number of benzene rings is 1. The van der Waals surface area contributed by atoms with Gasteiger partial charge in [0.1, 0.15) is 5.75 Å². The van der Waals surface area contributed by atoms with Crippen molar-refractivity contribution in [3.8, 4) is 5.75 Å². The van der Waals surface area contributed by atoms with E-state index in [0.29, 0.717) is 5.02 Å². The van der Waals surface area contributed by atoms with Crippen LogP contribution in [0.1, 0.15) is 12.5 Å². The van der Waals surface area contributed by atoms with Crippen molar-refractivity contribution >= 4 is 17.2 Å². The largest absolute Gasteiger partial charge is 0.508 e. The molecular weight excluding hydrogens is 160 g/mol. The van der Waals surface area contributed by atoms with Crippen LogP contribution in [0, 0.1) is 0 Å². The molecule has 0 saturated carbocycles. The molecule has 11 heavy (non-hydrogen) atoms. The summed E-state index contributed by atoms with van der Waals surface area (Å²) in [7, 11) is 0. The highest BCUT2D eigenvalue weighted by Gasteiger charge is 2.00. The van der Waals surface area contributed by atoms with E-state index >= 15 is 0 Å². The molecule has 58 valence electrons. The normalized spacial score (nSPS) is 9.64. The van der Waals surface area contributed by atoms with Gasteiger partial charge in [0.2, 0.25) is 0 Å². The number of hydrogen-bond donors (Lipinski definition) is 1. The van der Waals surface area contributed by atoms with Gasteiger partial charge in [0, 0.05) is 5.02 Å². The van der Waals surface area contributed by atoms with E-state index in [1.807, 2.05) is 6.92 Å². The summed E-state index contributed by atoms with van der Waals surface area (Å²) >= 11 is 5.82. The molecule has 0 aromatic heterocycles. The number of allylic oxidation sites excluding steroid dienone is 1. The first kappa shape index (κ1) is 8.15. The molecule has 0 atom stereocenters. The minimum absolute atomic E-state index is 0.215. The third-order valence-corrected chi connectivity index (χ3v) is 1.74. The molecule has 1 rings (SSSR count). The zero-order chi connectivity index (χ0) is 8.43. The number of phenolic OH excluding ortho intramolecular Hbond substituents is 1. The number of halogens is 1. The smallest absolute Gasteiger partial charge is 0.116 e. The first-order valence-corrected chi connectivity index (χ1v) is 3.63. The molecule has 2 heteroatoms. The van der Waals surface area contributed by atoms with Gasteiger partial charge in [0.25, 0.3) is 0 Å². The van der Waals surface area contributed by atoms with Gasteiger partial charge in [0.15, 0.2) is 0 Å². The second kappa shape index (κ2) is 2.97. The molecule has 1 nitrogen and oxygen atoms in total. The Balaban J connectivity index is 3.23. The van der Waals surface area contributed by atoms with Gasteiger partial charge in [-0.25, -0.2) is 0 Å². The van der Waals surface area contributed by atoms with Crippen molar-refractivity contribution in [3.05, 3.63) is 35.4 Å². The molecule has 1 aromatic rings. The van der Waals surface area contributed by atoms with E-state index < -0.39 is 0 Å². The Morgan fingerprint density at radius 2 is 2.18 bits per heavy atom. The van der Waals surface area contributed by atoms with Crippen LogP contribution in [-0.4, -0.2) is 5.11 Å². The lowest BCUT2D eigenvalue weighted by Crippen LogP contribution is -1.78. The summed E-state index contributed by atoms with van der Waals surface area (Å²) in [5.41, 5.74) is 1.65. The lowest BCUT2D eigenvalue weighted by atomic mass is 10.1. The summed E-state index contributed by atoms with van der Waals surface area (Å²) in [4.78, 5) is 0. The molecule has 0 fully saturated rings. The maximum atomic E-state index is 9.09. The van der Waals surface area contributed by atoms with Gasteiger partial charge in [-0.3, -0.25) is 0 Å². The molecule has 0 heterocycles. The molecular formula is C9H9ClO. The average molecular weight is 169 g/mol. The van der Waals surface area contributed by atoms with Crippen LogP contribution in [0.15, 0.2) is 24.8 Å². The minimum Gasteiger partial charge on any atom is -0.508 e. The van der Waals surface area contributed by atoms with E-state index in [-0.39, 0.29) is 5.75 Å². The Kier molecular flexibility index (Phi) is 2.20. The van der Waals surface area contributed by atoms with E-state index in [1.165, 1.54) is 0 Å². The molecule has 0 aliphatic rings. The van der Waals surface area contributed by atoms with Crippen LogP contribution in [0.25, 0.3) is 5.57 Å². The highest BCUT2D eigenvalue weighted by Crippen LogP contribution is 2.25. The van der Waals surface area contributed by atoms with Crippen LogP contribution in [0.3, 0.4) is 0 Å². The highest BCUT2D eigenvalue weighted by atomic mass is 35.5. The maximum absolute atomic E-state index is 9.09. The van der Waals surface area contributed by atoms with Gasteiger partial charge in [0.05, 0.1) is 0 Å². The monoisotopic (exact) mass is 168 g/mol. The second-order valence-electron chi connectivity index (χ2n) is 2.44. The van der Waals surface area contributed by atoms with E-state index in [4.69, 9.17) is 16.7 Å². The fourth-order valence-corrected chi connectivity index (χ4v) is 1.12. The topological polar surface area (TPSA) is 20.2 Å². The van der Waals surface area contributed by atoms with Crippen LogP contribution in [0.5, 0.6) is 5.75 Å². The molecule has 0 aliphatic carbocycles. The van der Waals surface area contributed by atoms with Crippen LogP contribution in [-0.2, 0) is 0 Å². The van der Waals surface area contributed by atoms with Gasteiger partial charge >= 0.3 is 0 Å². The first-order chi connectivity index (χ1) is 5.11. The van der Waals surface area contributed by atoms with Gasteiger partial charge in [-0.15, -0.1) is 0 Å². The summed E-state index contributed by atoms with van der Waals surface area (Å²) in [6.07, 6.45) is 0. The zero-order valence-corrected chi connectivity index (χ0v) is 7.02. The molecule has 0 spiro atoms. The first-order valence-electron chi connectivity index (χ1n) is 3.25. The molecule has 0 saturated heterocycles. The van der Waals surface area contributed by atoms with Crippen molar-refractivity contribution in [1.29, 1.82) is 0 Å². The van der Waals surface area contributed by atoms with Crippen molar-refractivity contribution in [2.24, 2.45) is 0 Å². The lowest BCUT2D eigenvalue weighted by molar-refractivity contribution is 0.475. The van der Waals surface area contributed by atoms with Crippen molar-refractivity contribution in [2.45, 2.75) is 6.92 Å². The summed E-state index contributed by atoms with van der Waals surface area (Å²) in [5, 5.41) is 9.71. The van der Waals surface area contributed by atoms with Crippen molar-refractivity contribution in [3.63, 3.8) is 0 Å². The number of hydrogen-bond acceptors (Lipinski definition) is 1.